The lowest BCUT2D eigenvalue weighted by Crippen LogP contribution is -2.10. The molecule has 3 N–H and O–H groups in total. The van der Waals surface area contributed by atoms with Crippen LogP contribution in [0.25, 0.3) is 0 Å². The molecular weight excluding hydrogens is 202 g/mol. The number of anilines is 1. The van der Waals surface area contributed by atoms with Crippen LogP contribution >= 0.6 is 0 Å². The molecule has 0 fully saturated rings. The molecule has 86 valence electrons. The maximum Gasteiger partial charge on any atom is 0.166 e. The minimum atomic E-state index is 0.572. The number of rotatable bonds is 5. The zero-order chi connectivity index (χ0) is 12.0. The van der Waals surface area contributed by atoms with E-state index in [0.717, 1.165) is 30.6 Å². The summed E-state index contributed by atoms with van der Waals surface area (Å²) in [5.74, 6) is 0.572. The zero-order valence-corrected chi connectivity index (χ0v) is 9.75. The molecule has 16 heavy (non-hydrogen) atoms. The molecule has 0 atom stereocenters. The van der Waals surface area contributed by atoms with E-state index in [0.29, 0.717) is 17.9 Å². The summed E-state index contributed by atoms with van der Waals surface area (Å²) in [6.45, 7) is 5.18. The molecular formula is C11H17N5. The molecule has 0 aliphatic rings. The first-order valence-electron chi connectivity index (χ1n) is 5.38. The number of nitrogens with two attached hydrogens (primary N) is 1. The first kappa shape index (κ1) is 12.4. The van der Waals surface area contributed by atoms with Crippen molar-refractivity contribution in [3.05, 3.63) is 16.8 Å². The monoisotopic (exact) mass is 219 g/mol. The minimum absolute atomic E-state index is 0.572. The molecule has 0 amide bonds. The summed E-state index contributed by atoms with van der Waals surface area (Å²) in [5.41, 5.74) is 7.67. The van der Waals surface area contributed by atoms with E-state index >= 15 is 0 Å². The molecule has 1 rings (SSSR count). The minimum Gasteiger partial charge on any atom is -0.367 e. The van der Waals surface area contributed by atoms with Gasteiger partial charge in [0.25, 0.3) is 0 Å². The highest BCUT2D eigenvalue weighted by molar-refractivity contribution is 5.55. The van der Waals surface area contributed by atoms with Crippen molar-refractivity contribution < 1.29 is 0 Å². The van der Waals surface area contributed by atoms with Crippen molar-refractivity contribution in [1.29, 1.82) is 5.26 Å². The summed E-state index contributed by atoms with van der Waals surface area (Å²) >= 11 is 0. The van der Waals surface area contributed by atoms with Crippen LogP contribution in [0.5, 0.6) is 0 Å². The Morgan fingerprint density at radius 2 is 2.06 bits per heavy atom. The van der Waals surface area contributed by atoms with Crippen LogP contribution in [0, 0.1) is 25.2 Å². The van der Waals surface area contributed by atoms with Crippen molar-refractivity contribution in [2.75, 3.05) is 18.4 Å². The van der Waals surface area contributed by atoms with Gasteiger partial charge in [-0.15, -0.1) is 5.10 Å². The van der Waals surface area contributed by atoms with Gasteiger partial charge in [-0.1, -0.05) is 0 Å². The molecule has 0 radical (unpaired) electrons. The summed E-state index contributed by atoms with van der Waals surface area (Å²) in [6, 6.07) is 2.16. The predicted octanol–water partition coefficient (Wildman–Crippen LogP) is 1.12. The van der Waals surface area contributed by atoms with Crippen molar-refractivity contribution in [3.8, 4) is 6.07 Å². The maximum absolute atomic E-state index is 9.05. The molecule has 1 heterocycles. The standard InChI is InChI=1S/C11H17N5/c1-8-9(2)15-16-11(10(8)7-13)14-6-4-3-5-12/h3-6,12H2,1-2H3,(H,14,16). The van der Waals surface area contributed by atoms with Crippen molar-refractivity contribution in [1.82, 2.24) is 10.2 Å². The van der Waals surface area contributed by atoms with Gasteiger partial charge in [0.05, 0.1) is 5.69 Å². The van der Waals surface area contributed by atoms with Gasteiger partial charge in [-0.2, -0.15) is 10.4 Å². The van der Waals surface area contributed by atoms with E-state index < -0.39 is 0 Å². The Balaban J connectivity index is 2.73. The van der Waals surface area contributed by atoms with Gasteiger partial charge in [0, 0.05) is 6.54 Å². The Hall–Kier alpha value is -1.67. The third-order valence-corrected chi connectivity index (χ3v) is 2.49. The topological polar surface area (TPSA) is 87.6 Å². The predicted molar refractivity (Wildman–Crippen MR) is 63.0 cm³/mol. The molecule has 0 saturated heterocycles. The number of nitrogens with one attached hydrogen (secondary N) is 1. The summed E-state index contributed by atoms with van der Waals surface area (Å²) in [6.07, 6.45) is 1.93. The fourth-order valence-corrected chi connectivity index (χ4v) is 1.35. The third kappa shape index (κ3) is 2.91. The fourth-order valence-electron chi connectivity index (χ4n) is 1.35. The first-order valence-corrected chi connectivity index (χ1v) is 5.38. The second-order valence-electron chi connectivity index (χ2n) is 3.67. The average molecular weight is 219 g/mol. The van der Waals surface area contributed by atoms with Crippen molar-refractivity contribution >= 4 is 5.82 Å². The average Bonchev–Trinajstić information content (AvgIpc) is 2.29. The number of nitrogens with zero attached hydrogens (tertiary/aromatic N) is 3. The molecule has 0 unspecified atom stereocenters. The van der Waals surface area contributed by atoms with E-state index in [1.54, 1.807) is 0 Å². The van der Waals surface area contributed by atoms with Crippen LogP contribution in [0.2, 0.25) is 0 Å². The van der Waals surface area contributed by atoms with Gasteiger partial charge < -0.3 is 11.1 Å². The van der Waals surface area contributed by atoms with Gasteiger partial charge >= 0.3 is 0 Å². The van der Waals surface area contributed by atoms with Gasteiger partial charge in [-0.25, -0.2) is 0 Å². The fraction of sp³-hybridized carbons (Fsp3) is 0.545. The van der Waals surface area contributed by atoms with Crippen LogP contribution in [0.4, 0.5) is 5.82 Å². The number of aromatic nitrogens is 2. The molecule has 0 spiro atoms. The van der Waals surface area contributed by atoms with Gasteiger partial charge in [0.1, 0.15) is 11.6 Å². The molecule has 5 heteroatoms. The van der Waals surface area contributed by atoms with Crippen LogP contribution in [0.3, 0.4) is 0 Å². The van der Waals surface area contributed by atoms with Crippen LogP contribution in [0.1, 0.15) is 29.7 Å². The Labute approximate surface area is 95.7 Å². The number of hydrogen-bond acceptors (Lipinski definition) is 5. The lowest BCUT2D eigenvalue weighted by Gasteiger charge is -2.08. The third-order valence-electron chi connectivity index (χ3n) is 2.49. The van der Waals surface area contributed by atoms with Crippen molar-refractivity contribution in [2.45, 2.75) is 26.7 Å². The molecule has 0 aromatic carbocycles. The molecule has 0 saturated carbocycles. The number of aryl methyl sites for hydroxylation is 1. The maximum atomic E-state index is 9.05. The van der Waals surface area contributed by atoms with Gasteiger partial charge in [-0.05, 0) is 38.8 Å². The molecule has 5 nitrogen and oxygen atoms in total. The van der Waals surface area contributed by atoms with Gasteiger partial charge in [-0.3, -0.25) is 0 Å². The second-order valence-corrected chi connectivity index (χ2v) is 3.67. The summed E-state index contributed by atoms with van der Waals surface area (Å²) < 4.78 is 0. The highest BCUT2D eigenvalue weighted by Crippen LogP contribution is 2.16. The second kappa shape index (κ2) is 6.03. The first-order chi connectivity index (χ1) is 7.70. The smallest absolute Gasteiger partial charge is 0.166 e. The SMILES string of the molecule is Cc1nnc(NCCCCN)c(C#N)c1C. The van der Waals surface area contributed by atoms with Crippen LogP contribution in [-0.2, 0) is 0 Å². The number of nitriles is 1. The normalized spacial score (nSPS) is 9.88. The lowest BCUT2D eigenvalue weighted by molar-refractivity contribution is 0.769. The molecule has 1 aromatic heterocycles. The molecule has 0 aliphatic heterocycles. The summed E-state index contributed by atoms with van der Waals surface area (Å²) in [7, 11) is 0. The van der Waals surface area contributed by atoms with E-state index in [-0.39, 0.29) is 0 Å². The quantitative estimate of drug-likeness (QED) is 0.724. The number of unbranched alkanes of at least 4 members (excludes halogenated alkanes) is 1. The highest BCUT2D eigenvalue weighted by atomic mass is 15.2. The Bertz CT molecular complexity index is 394. The van der Waals surface area contributed by atoms with Crippen molar-refractivity contribution in [2.24, 2.45) is 5.73 Å². The Morgan fingerprint density at radius 3 is 2.69 bits per heavy atom. The molecule has 0 aliphatic carbocycles. The van der Waals surface area contributed by atoms with Gasteiger partial charge in [0.2, 0.25) is 0 Å². The van der Waals surface area contributed by atoms with E-state index in [1.807, 2.05) is 13.8 Å². The largest absolute Gasteiger partial charge is 0.367 e. The van der Waals surface area contributed by atoms with E-state index in [4.69, 9.17) is 11.0 Å². The van der Waals surface area contributed by atoms with E-state index in [2.05, 4.69) is 21.6 Å². The Morgan fingerprint density at radius 1 is 1.31 bits per heavy atom. The summed E-state index contributed by atoms with van der Waals surface area (Å²) in [5, 5.41) is 20.2. The number of hydrogen-bond donors (Lipinski definition) is 2. The van der Waals surface area contributed by atoms with E-state index in [1.165, 1.54) is 0 Å². The van der Waals surface area contributed by atoms with Crippen LogP contribution < -0.4 is 11.1 Å². The van der Waals surface area contributed by atoms with Gasteiger partial charge in [0.15, 0.2) is 5.82 Å². The van der Waals surface area contributed by atoms with E-state index in [9.17, 15) is 0 Å². The van der Waals surface area contributed by atoms with Crippen molar-refractivity contribution in [3.63, 3.8) is 0 Å². The molecule has 1 aromatic rings. The molecule has 0 bridgehead atoms. The summed E-state index contributed by atoms with van der Waals surface area (Å²) in [4.78, 5) is 0. The highest BCUT2D eigenvalue weighted by Gasteiger charge is 2.09. The zero-order valence-electron chi connectivity index (χ0n) is 9.75. The van der Waals surface area contributed by atoms with Crippen LogP contribution in [0.15, 0.2) is 0 Å². The van der Waals surface area contributed by atoms with Crippen LogP contribution in [-0.4, -0.2) is 23.3 Å². The Kier molecular flexibility index (Phi) is 4.67. The lowest BCUT2D eigenvalue weighted by atomic mass is 10.1.